The third-order valence-electron chi connectivity index (χ3n) is 5.10. The second-order valence-electron chi connectivity index (χ2n) is 6.78. The first kappa shape index (κ1) is 14.8. The van der Waals surface area contributed by atoms with Crippen LogP contribution in [0.5, 0.6) is 0 Å². The van der Waals surface area contributed by atoms with Crippen molar-refractivity contribution >= 4 is 5.91 Å². The van der Waals surface area contributed by atoms with Gasteiger partial charge in [-0.3, -0.25) is 4.79 Å². The van der Waals surface area contributed by atoms with Crippen LogP contribution in [-0.4, -0.2) is 37.1 Å². The van der Waals surface area contributed by atoms with Gasteiger partial charge in [0, 0.05) is 18.1 Å². The number of rotatable bonds is 4. The van der Waals surface area contributed by atoms with Crippen LogP contribution in [0.1, 0.15) is 46.5 Å². The molecular formula is C15H29N3O. The summed E-state index contributed by atoms with van der Waals surface area (Å²) in [4.78, 5) is 12.1. The zero-order valence-corrected chi connectivity index (χ0v) is 12.6. The molecule has 4 atom stereocenters. The fourth-order valence-corrected chi connectivity index (χ4v) is 3.31. The fourth-order valence-electron chi connectivity index (χ4n) is 3.31. The molecule has 4 heteroatoms. The average molecular weight is 267 g/mol. The van der Waals surface area contributed by atoms with Crippen molar-refractivity contribution in [3.8, 4) is 0 Å². The highest BCUT2D eigenvalue weighted by molar-refractivity contribution is 5.78. The molecule has 2 fully saturated rings. The molecule has 4 unspecified atom stereocenters. The van der Waals surface area contributed by atoms with Gasteiger partial charge in [0.2, 0.25) is 5.91 Å². The Labute approximate surface area is 117 Å². The summed E-state index contributed by atoms with van der Waals surface area (Å²) < 4.78 is 0. The van der Waals surface area contributed by atoms with Gasteiger partial charge < -0.3 is 16.0 Å². The van der Waals surface area contributed by atoms with Gasteiger partial charge in [-0.1, -0.05) is 26.7 Å². The van der Waals surface area contributed by atoms with Crippen LogP contribution >= 0.6 is 0 Å². The van der Waals surface area contributed by atoms with Gasteiger partial charge in [-0.05, 0) is 38.1 Å². The lowest BCUT2D eigenvalue weighted by Gasteiger charge is -2.35. The van der Waals surface area contributed by atoms with E-state index in [4.69, 9.17) is 0 Å². The van der Waals surface area contributed by atoms with Crippen LogP contribution in [-0.2, 0) is 4.79 Å². The Morgan fingerprint density at radius 1 is 1.37 bits per heavy atom. The van der Waals surface area contributed by atoms with Gasteiger partial charge in [0.05, 0.1) is 6.54 Å². The van der Waals surface area contributed by atoms with E-state index in [9.17, 15) is 4.79 Å². The molecule has 0 aromatic heterocycles. The summed E-state index contributed by atoms with van der Waals surface area (Å²) in [6, 6.07) is 0.368. The van der Waals surface area contributed by atoms with Crippen molar-refractivity contribution in [2.45, 2.75) is 58.0 Å². The maximum atomic E-state index is 12.1. The number of hydrogen-bond donors (Lipinski definition) is 3. The second kappa shape index (κ2) is 6.23. The van der Waals surface area contributed by atoms with Crippen molar-refractivity contribution in [1.29, 1.82) is 0 Å². The predicted molar refractivity (Wildman–Crippen MR) is 78.0 cm³/mol. The van der Waals surface area contributed by atoms with Crippen molar-refractivity contribution in [3.05, 3.63) is 0 Å². The van der Waals surface area contributed by atoms with Crippen molar-refractivity contribution in [2.75, 3.05) is 19.6 Å². The minimum Gasteiger partial charge on any atom is -0.352 e. The number of amides is 1. The summed E-state index contributed by atoms with van der Waals surface area (Å²) in [6.07, 6.45) is 4.77. The van der Waals surface area contributed by atoms with Gasteiger partial charge in [0.25, 0.3) is 0 Å². The molecule has 0 aromatic carbocycles. The standard InChI is InChI=1S/C15H29N3O/c1-11-5-4-6-13(12(11)2)18-14(19)9-17-15(3)7-8-16-10-15/h11-13,16-17H,4-10H2,1-3H3,(H,18,19). The zero-order valence-electron chi connectivity index (χ0n) is 12.6. The molecule has 0 spiro atoms. The molecule has 3 N–H and O–H groups in total. The number of carbonyl (C=O) groups is 1. The molecule has 2 rings (SSSR count). The summed E-state index contributed by atoms with van der Waals surface area (Å²) >= 11 is 0. The normalized spacial score (nSPS) is 39.2. The molecule has 1 aliphatic heterocycles. The largest absolute Gasteiger partial charge is 0.352 e. The highest BCUT2D eigenvalue weighted by Crippen LogP contribution is 2.29. The lowest BCUT2D eigenvalue weighted by molar-refractivity contribution is -0.122. The minimum absolute atomic E-state index is 0.0861. The van der Waals surface area contributed by atoms with Gasteiger partial charge in [0.1, 0.15) is 0 Å². The monoisotopic (exact) mass is 267 g/mol. The number of hydrogen-bond acceptors (Lipinski definition) is 3. The van der Waals surface area contributed by atoms with E-state index < -0.39 is 0 Å². The van der Waals surface area contributed by atoms with E-state index in [0.717, 1.165) is 31.8 Å². The Kier molecular flexibility index (Phi) is 4.85. The van der Waals surface area contributed by atoms with Crippen molar-refractivity contribution < 1.29 is 4.79 Å². The third kappa shape index (κ3) is 3.93. The molecule has 1 heterocycles. The van der Waals surface area contributed by atoms with E-state index in [0.29, 0.717) is 18.5 Å². The SMILES string of the molecule is CC1CCCC(NC(=O)CNC2(C)CCNC2)C1C. The lowest BCUT2D eigenvalue weighted by Crippen LogP contribution is -2.51. The molecule has 4 nitrogen and oxygen atoms in total. The zero-order chi connectivity index (χ0) is 13.9. The Morgan fingerprint density at radius 2 is 2.16 bits per heavy atom. The first-order valence-electron chi connectivity index (χ1n) is 7.75. The van der Waals surface area contributed by atoms with Crippen LogP contribution in [0.25, 0.3) is 0 Å². The van der Waals surface area contributed by atoms with E-state index in [1.807, 2.05) is 0 Å². The van der Waals surface area contributed by atoms with Crippen LogP contribution in [0.4, 0.5) is 0 Å². The summed E-state index contributed by atoms with van der Waals surface area (Å²) in [6.45, 7) is 9.19. The molecule has 1 saturated heterocycles. The van der Waals surface area contributed by atoms with Gasteiger partial charge >= 0.3 is 0 Å². The van der Waals surface area contributed by atoms with E-state index >= 15 is 0 Å². The van der Waals surface area contributed by atoms with Crippen LogP contribution in [0.3, 0.4) is 0 Å². The highest BCUT2D eigenvalue weighted by atomic mass is 16.2. The van der Waals surface area contributed by atoms with E-state index in [1.54, 1.807) is 0 Å². The van der Waals surface area contributed by atoms with E-state index in [1.165, 1.54) is 12.8 Å². The molecular weight excluding hydrogens is 238 g/mol. The quantitative estimate of drug-likeness (QED) is 0.719. The Bertz CT molecular complexity index is 313. The van der Waals surface area contributed by atoms with Crippen LogP contribution in [0, 0.1) is 11.8 Å². The Morgan fingerprint density at radius 3 is 2.84 bits per heavy atom. The van der Waals surface area contributed by atoms with Crippen LogP contribution in [0.2, 0.25) is 0 Å². The molecule has 0 aromatic rings. The molecule has 0 bridgehead atoms. The molecule has 1 aliphatic carbocycles. The van der Waals surface area contributed by atoms with Gasteiger partial charge in [-0.25, -0.2) is 0 Å². The molecule has 0 radical (unpaired) electrons. The van der Waals surface area contributed by atoms with Gasteiger partial charge in [-0.2, -0.15) is 0 Å². The van der Waals surface area contributed by atoms with E-state index in [2.05, 4.69) is 36.7 Å². The lowest BCUT2D eigenvalue weighted by atomic mass is 9.78. The van der Waals surface area contributed by atoms with Gasteiger partial charge in [-0.15, -0.1) is 0 Å². The fraction of sp³-hybridized carbons (Fsp3) is 0.933. The smallest absolute Gasteiger partial charge is 0.234 e. The van der Waals surface area contributed by atoms with Gasteiger partial charge in [0.15, 0.2) is 0 Å². The second-order valence-corrected chi connectivity index (χ2v) is 6.78. The molecule has 19 heavy (non-hydrogen) atoms. The molecule has 1 amide bonds. The van der Waals surface area contributed by atoms with Crippen LogP contribution in [0.15, 0.2) is 0 Å². The Hall–Kier alpha value is -0.610. The molecule has 1 saturated carbocycles. The minimum atomic E-state index is 0.0861. The summed E-state index contributed by atoms with van der Waals surface area (Å²) in [5.41, 5.74) is 0.0861. The first-order chi connectivity index (χ1) is 9.00. The molecule has 110 valence electrons. The predicted octanol–water partition coefficient (Wildman–Crippen LogP) is 1.27. The Balaban J connectivity index is 1.74. The third-order valence-corrected chi connectivity index (χ3v) is 5.10. The average Bonchev–Trinajstić information content (AvgIpc) is 2.80. The summed E-state index contributed by atoms with van der Waals surface area (Å²) in [5, 5.41) is 9.95. The first-order valence-corrected chi connectivity index (χ1v) is 7.75. The van der Waals surface area contributed by atoms with E-state index in [-0.39, 0.29) is 11.4 Å². The van der Waals surface area contributed by atoms with Crippen molar-refractivity contribution in [1.82, 2.24) is 16.0 Å². The maximum Gasteiger partial charge on any atom is 0.234 e. The summed E-state index contributed by atoms with van der Waals surface area (Å²) in [7, 11) is 0. The van der Waals surface area contributed by atoms with Crippen LogP contribution < -0.4 is 16.0 Å². The van der Waals surface area contributed by atoms with Crippen molar-refractivity contribution in [2.24, 2.45) is 11.8 Å². The highest BCUT2D eigenvalue weighted by Gasteiger charge is 2.30. The maximum absolute atomic E-state index is 12.1. The topological polar surface area (TPSA) is 53.2 Å². The van der Waals surface area contributed by atoms with Crippen molar-refractivity contribution in [3.63, 3.8) is 0 Å². The number of carbonyl (C=O) groups excluding carboxylic acids is 1. The number of nitrogens with one attached hydrogen (secondary N) is 3. The summed E-state index contributed by atoms with van der Waals surface area (Å²) in [5.74, 6) is 1.48. The molecule has 2 aliphatic rings.